The van der Waals surface area contributed by atoms with E-state index in [0.29, 0.717) is 28.3 Å². The number of rotatable bonds is 6. The van der Waals surface area contributed by atoms with E-state index in [2.05, 4.69) is 12.2 Å². The smallest absolute Gasteiger partial charge is 0.238 e. The van der Waals surface area contributed by atoms with Gasteiger partial charge < -0.3 is 19.7 Å². The standard InChI is InChI=1S/C37H30N2O5/c1-2-7-22-12-14-24(15-13-22)33(40)31-32(34(41)25-16-17-29-30(20-25)44-21-43-29)39-19-18-23-8-3-4-9-26(23)35(39)37(31)27-10-5-6-11-28(27)38-36(37)42/h3-6,8-20,31-32,35H,2,7,21H2,1H3,(H,38,42)/t31-,32+,35+,37-/m0/s1. The molecule has 8 rings (SSSR count). The van der Waals surface area contributed by atoms with E-state index < -0.39 is 23.4 Å². The van der Waals surface area contributed by atoms with Gasteiger partial charge in [0.2, 0.25) is 12.7 Å². The number of para-hydroxylation sites is 1. The van der Waals surface area contributed by atoms with Gasteiger partial charge in [-0.2, -0.15) is 0 Å². The number of ketones is 2. The summed E-state index contributed by atoms with van der Waals surface area (Å²) in [7, 11) is 0. The van der Waals surface area contributed by atoms with Gasteiger partial charge in [0.05, 0.1) is 12.0 Å². The van der Waals surface area contributed by atoms with Crippen LogP contribution in [-0.4, -0.2) is 35.2 Å². The second-order valence-corrected chi connectivity index (χ2v) is 11.8. The zero-order valence-corrected chi connectivity index (χ0v) is 24.2. The molecule has 44 heavy (non-hydrogen) atoms. The van der Waals surface area contributed by atoms with E-state index in [0.717, 1.165) is 35.1 Å². The third-order valence-corrected chi connectivity index (χ3v) is 9.56. The first-order chi connectivity index (χ1) is 21.5. The van der Waals surface area contributed by atoms with Crippen molar-refractivity contribution in [2.75, 3.05) is 12.1 Å². The van der Waals surface area contributed by atoms with Crippen LogP contribution in [0.5, 0.6) is 11.5 Å². The first-order valence-corrected chi connectivity index (χ1v) is 15.0. The van der Waals surface area contributed by atoms with Crippen molar-refractivity contribution in [2.45, 2.75) is 37.3 Å². The SMILES string of the molecule is CCCc1ccc(C(=O)[C@@H]2[C@H](C(=O)c3ccc4c(c3)OCO4)N3C=Cc4ccccc4[C@@H]3[C@@]23C(=O)Nc2ccccc23)cc1. The van der Waals surface area contributed by atoms with Gasteiger partial charge in [0, 0.05) is 23.0 Å². The number of nitrogens with one attached hydrogen (secondary N) is 1. The van der Waals surface area contributed by atoms with Gasteiger partial charge in [-0.15, -0.1) is 0 Å². The molecule has 4 aromatic carbocycles. The lowest BCUT2D eigenvalue weighted by Gasteiger charge is -2.38. The lowest BCUT2D eigenvalue weighted by atomic mass is 9.62. The van der Waals surface area contributed by atoms with E-state index >= 15 is 0 Å². The molecule has 4 heterocycles. The van der Waals surface area contributed by atoms with Crippen LogP contribution in [0.4, 0.5) is 5.69 Å². The first-order valence-electron chi connectivity index (χ1n) is 15.0. The number of hydrogen-bond donors (Lipinski definition) is 1. The molecule has 1 saturated heterocycles. The lowest BCUT2D eigenvalue weighted by molar-refractivity contribution is -0.122. The maximum atomic E-state index is 15.0. The predicted octanol–water partition coefficient (Wildman–Crippen LogP) is 6.35. The second kappa shape index (κ2) is 9.95. The number of nitrogens with zero attached hydrogens (tertiary/aromatic N) is 1. The van der Waals surface area contributed by atoms with Crippen LogP contribution >= 0.6 is 0 Å². The highest BCUT2D eigenvalue weighted by Gasteiger charge is 2.70. The number of anilines is 1. The highest BCUT2D eigenvalue weighted by molar-refractivity contribution is 6.16. The first kappa shape index (κ1) is 26.5. The quantitative estimate of drug-likeness (QED) is 0.267. The summed E-state index contributed by atoms with van der Waals surface area (Å²) in [5.74, 6) is -0.745. The Bertz CT molecular complexity index is 1880. The number of benzene rings is 4. The molecule has 4 aromatic rings. The fourth-order valence-corrected chi connectivity index (χ4v) is 7.69. The van der Waals surface area contributed by atoms with Gasteiger partial charge >= 0.3 is 0 Å². The maximum Gasteiger partial charge on any atom is 0.238 e. The summed E-state index contributed by atoms with van der Waals surface area (Å²) in [6.07, 6.45) is 5.74. The van der Waals surface area contributed by atoms with Gasteiger partial charge in [0.25, 0.3) is 0 Å². The van der Waals surface area contributed by atoms with Crippen molar-refractivity contribution in [1.82, 2.24) is 4.90 Å². The average molecular weight is 583 g/mol. The van der Waals surface area contributed by atoms with Gasteiger partial charge in [-0.1, -0.05) is 80.1 Å². The van der Waals surface area contributed by atoms with Gasteiger partial charge in [-0.3, -0.25) is 14.4 Å². The second-order valence-electron chi connectivity index (χ2n) is 11.8. The fourth-order valence-electron chi connectivity index (χ4n) is 7.69. The average Bonchev–Trinajstić information content (AvgIpc) is 3.74. The van der Waals surface area contributed by atoms with Crippen molar-refractivity contribution in [3.8, 4) is 11.5 Å². The van der Waals surface area contributed by atoms with Crippen LogP contribution in [0.2, 0.25) is 0 Å². The van der Waals surface area contributed by atoms with E-state index in [1.807, 2.05) is 90.0 Å². The Balaban J connectivity index is 1.37. The number of aryl methyl sites for hydroxylation is 1. The van der Waals surface area contributed by atoms with Crippen LogP contribution in [0.25, 0.3) is 6.08 Å². The molecule has 0 saturated carbocycles. The number of hydrogen-bond acceptors (Lipinski definition) is 6. The molecule has 1 amide bonds. The van der Waals surface area contributed by atoms with Crippen molar-refractivity contribution < 1.29 is 23.9 Å². The van der Waals surface area contributed by atoms with Crippen molar-refractivity contribution in [2.24, 2.45) is 5.92 Å². The van der Waals surface area contributed by atoms with E-state index in [4.69, 9.17) is 9.47 Å². The molecule has 0 aromatic heterocycles. The molecule has 0 bridgehead atoms. The van der Waals surface area contributed by atoms with Crippen LogP contribution in [0.1, 0.15) is 62.4 Å². The Labute approximate surface area is 255 Å². The number of amides is 1. The molecule has 4 atom stereocenters. The van der Waals surface area contributed by atoms with Crippen LogP contribution in [-0.2, 0) is 16.6 Å². The van der Waals surface area contributed by atoms with Gasteiger partial charge in [0.15, 0.2) is 23.1 Å². The molecular formula is C37H30N2O5. The van der Waals surface area contributed by atoms with Crippen molar-refractivity contribution >= 4 is 29.2 Å². The summed E-state index contributed by atoms with van der Waals surface area (Å²) in [5.41, 5.74) is 3.89. The van der Waals surface area contributed by atoms with Crippen LogP contribution in [0.3, 0.4) is 0 Å². The Kier molecular flexibility index (Phi) is 5.98. The summed E-state index contributed by atoms with van der Waals surface area (Å²) in [5, 5.41) is 3.10. The van der Waals surface area contributed by atoms with E-state index in [-0.39, 0.29) is 24.3 Å². The van der Waals surface area contributed by atoms with Gasteiger partial charge in [-0.25, -0.2) is 0 Å². The van der Waals surface area contributed by atoms with E-state index in [1.165, 1.54) is 0 Å². The predicted molar refractivity (Wildman–Crippen MR) is 166 cm³/mol. The minimum Gasteiger partial charge on any atom is -0.454 e. The van der Waals surface area contributed by atoms with Gasteiger partial charge in [0.1, 0.15) is 11.5 Å². The Hall–Kier alpha value is -5.17. The van der Waals surface area contributed by atoms with E-state index in [9.17, 15) is 14.4 Å². The molecule has 7 heteroatoms. The van der Waals surface area contributed by atoms with Crippen LogP contribution in [0, 0.1) is 5.92 Å². The molecule has 4 aliphatic heterocycles. The van der Waals surface area contributed by atoms with Crippen molar-refractivity contribution in [3.05, 3.63) is 131 Å². The molecule has 218 valence electrons. The van der Waals surface area contributed by atoms with Crippen molar-refractivity contribution in [3.63, 3.8) is 0 Å². The topological polar surface area (TPSA) is 84.9 Å². The Morgan fingerprint density at radius 2 is 1.64 bits per heavy atom. The Morgan fingerprint density at radius 1 is 0.886 bits per heavy atom. The summed E-state index contributed by atoms with van der Waals surface area (Å²) in [6, 6.07) is 26.6. The summed E-state index contributed by atoms with van der Waals surface area (Å²) in [4.78, 5) is 46.3. The Morgan fingerprint density at radius 3 is 2.48 bits per heavy atom. The fraction of sp³-hybridized carbons (Fsp3) is 0.216. The number of carbonyl (C=O) groups excluding carboxylic acids is 3. The molecule has 7 nitrogen and oxygen atoms in total. The molecule has 0 aliphatic carbocycles. The molecule has 1 N–H and O–H groups in total. The number of fused-ring (bicyclic) bond motifs is 7. The number of Topliss-reactive ketones (excluding diaryl/α,β-unsaturated/α-hetero) is 2. The van der Waals surface area contributed by atoms with Crippen LogP contribution < -0.4 is 14.8 Å². The summed E-state index contributed by atoms with van der Waals surface area (Å²) in [6.45, 7) is 2.20. The highest BCUT2D eigenvalue weighted by Crippen LogP contribution is 2.62. The third-order valence-electron chi connectivity index (χ3n) is 9.56. The summed E-state index contributed by atoms with van der Waals surface area (Å²) < 4.78 is 11.1. The maximum absolute atomic E-state index is 15.0. The molecule has 4 aliphatic rings. The minimum atomic E-state index is -1.37. The van der Waals surface area contributed by atoms with E-state index in [1.54, 1.807) is 18.2 Å². The molecule has 1 spiro atoms. The molecule has 0 unspecified atom stereocenters. The monoisotopic (exact) mass is 582 g/mol. The zero-order chi connectivity index (χ0) is 30.0. The molecule has 0 radical (unpaired) electrons. The largest absolute Gasteiger partial charge is 0.454 e. The number of carbonyl (C=O) groups is 3. The highest BCUT2D eigenvalue weighted by atomic mass is 16.7. The zero-order valence-electron chi connectivity index (χ0n) is 24.2. The molecular weight excluding hydrogens is 552 g/mol. The number of ether oxygens (including phenoxy) is 2. The normalized spacial score (nSPS) is 23.7. The van der Waals surface area contributed by atoms with Crippen molar-refractivity contribution in [1.29, 1.82) is 0 Å². The third kappa shape index (κ3) is 3.65. The lowest BCUT2D eigenvalue weighted by Crippen LogP contribution is -2.49. The molecule has 1 fully saturated rings. The summed E-state index contributed by atoms with van der Waals surface area (Å²) >= 11 is 0. The van der Waals surface area contributed by atoms with Gasteiger partial charge in [-0.05, 0) is 59.0 Å². The van der Waals surface area contributed by atoms with Crippen LogP contribution in [0.15, 0.2) is 97.2 Å². The minimum absolute atomic E-state index is 0.0827.